The van der Waals surface area contributed by atoms with E-state index in [0.29, 0.717) is 22.0 Å². The van der Waals surface area contributed by atoms with Gasteiger partial charge >= 0.3 is 5.97 Å². The highest BCUT2D eigenvalue weighted by molar-refractivity contribution is 14.1. The standard InChI is InChI=1S/C29H33IN2O9/c1-11-15-13(30)9-10-14(33)17(15)22(34)18-16(11)24(41-28(39)12-7-5-4-6-8-12)20-21(32(2)3)23(35)19(27(31)38)26(37)29(20,40)25(18)36/h9-12,16,20-21,24,33-34,37,40H,4-8H2,1-3H3,(H2,31,38)/t11-,16+,20+,21-,24-,29-/m0/s1. The van der Waals surface area contributed by atoms with Crippen LogP contribution in [0.15, 0.2) is 29.0 Å². The fourth-order valence-corrected chi connectivity index (χ4v) is 8.27. The van der Waals surface area contributed by atoms with Crippen LogP contribution < -0.4 is 5.73 Å². The molecule has 220 valence electrons. The molecule has 0 radical (unpaired) electrons. The number of aliphatic hydroxyl groups is 3. The molecule has 2 saturated carbocycles. The van der Waals surface area contributed by atoms with Crippen molar-refractivity contribution in [3.63, 3.8) is 0 Å². The maximum Gasteiger partial charge on any atom is 0.309 e. The molecule has 2 fully saturated rings. The molecule has 4 aliphatic rings. The number of carbonyl (C=O) groups excluding carboxylic acids is 4. The highest BCUT2D eigenvalue weighted by Gasteiger charge is 2.69. The minimum Gasteiger partial charge on any atom is -0.508 e. The molecule has 0 aliphatic heterocycles. The topological polar surface area (TPSA) is 188 Å². The quantitative estimate of drug-likeness (QED) is 0.179. The SMILES string of the molecule is C[C@H]1c2c(I)ccc(O)c2C(O)=C2C(=O)[C@]3(O)C(O)=C(C(N)=O)C(=O)[C@@H](N(C)C)[C@@H]3[C@@H](OC(=O)C3CCCCC3)[C@@H]21. The molecule has 6 N–H and O–H groups in total. The van der Waals surface area contributed by atoms with Crippen LogP contribution in [0.25, 0.3) is 5.76 Å². The number of Topliss-reactive ketones (excluding diaryl/α,β-unsaturated/α-hetero) is 2. The maximum absolute atomic E-state index is 14.3. The molecule has 1 aromatic rings. The molecule has 0 saturated heterocycles. The number of benzene rings is 1. The van der Waals surface area contributed by atoms with E-state index in [1.165, 1.54) is 25.1 Å². The van der Waals surface area contributed by atoms with E-state index in [1.807, 2.05) is 22.6 Å². The van der Waals surface area contributed by atoms with E-state index in [0.717, 1.165) is 19.3 Å². The number of esters is 1. The second kappa shape index (κ2) is 10.4. The van der Waals surface area contributed by atoms with Gasteiger partial charge in [-0.1, -0.05) is 26.2 Å². The molecule has 0 unspecified atom stereocenters. The van der Waals surface area contributed by atoms with Gasteiger partial charge in [-0.25, -0.2) is 0 Å². The zero-order chi connectivity index (χ0) is 30.1. The van der Waals surface area contributed by atoms with Crippen LogP contribution in [0.5, 0.6) is 5.75 Å². The van der Waals surface area contributed by atoms with Gasteiger partial charge in [0.15, 0.2) is 11.4 Å². The molecular formula is C29H33IN2O9. The Morgan fingerprint density at radius 1 is 1.10 bits per heavy atom. The number of hydrogen-bond donors (Lipinski definition) is 5. The van der Waals surface area contributed by atoms with Gasteiger partial charge in [0.25, 0.3) is 5.91 Å². The summed E-state index contributed by atoms with van der Waals surface area (Å²) in [5.74, 6) is -9.87. The van der Waals surface area contributed by atoms with Crippen molar-refractivity contribution < 1.29 is 44.3 Å². The Morgan fingerprint density at radius 3 is 2.32 bits per heavy atom. The lowest BCUT2D eigenvalue weighted by molar-refractivity contribution is -0.188. The Balaban J connectivity index is 1.81. The fraction of sp³-hybridized carbons (Fsp3) is 0.517. The summed E-state index contributed by atoms with van der Waals surface area (Å²) in [6.45, 7) is 1.75. The number of aliphatic hydroxyl groups excluding tert-OH is 2. The van der Waals surface area contributed by atoms with Gasteiger partial charge in [-0.2, -0.15) is 0 Å². The highest BCUT2D eigenvalue weighted by Crippen LogP contribution is 2.57. The van der Waals surface area contributed by atoms with Gasteiger partial charge in [-0.3, -0.25) is 24.1 Å². The summed E-state index contributed by atoms with van der Waals surface area (Å²) < 4.78 is 6.84. The summed E-state index contributed by atoms with van der Waals surface area (Å²) in [6, 6.07) is 1.61. The Labute approximate surface area is 250 Å². The molecule has 1 aromatic carbocycles. The lowest BCUT2D eigenvalue weighted by Gasteiger charge is -2.54. The number of fused-ring (bicyclic) bond motifs is 3. The predicted octanol–water partition coefficient (Wildman–Crippen LogP) is 2.23. The van der Waals surface area contributed by atoms with Crippen LogP contribution in [0, 0.1) is 21.3 Å². The Bertz CT molecular complexity index is 1430. The first-order chi connectivity index (χ1) is 19.2. The average Bonchev–Trinajstić information content (AvgIpc) is 2.91. The zero-order valence-corrected chi connectivity index (χ0v) is 25.0. The second-order valence-corrected chi connectivity index (χ2v) is 12.8. The van der Waals surface area contributed by atoms with Gasteiger partial charge in [-0.05, 0) is 73.1 Å². The van der Waals surface area contributed by atoms with E-state index in [1.54, 1.807) is 13.0 Å². The minimum atomic E-state index is -2.95. The molecule has 5 rings (SSSR count). The molecule has 0 aromatic heterocycles. The number of halogens is 1. The summed E-state index contributed by atoms with van der Waals surface area (Å²) >= 11 is 2.04. The van der Waals surface area contributed by atoms with E-state index in [2.05, 4.69) is 0 Å². The second-order valence-electron chi connectivity index (χ2n) is 11.7. The van der Waals surface area contributed by atoms with Gasteiger partial charge in [0, 0.05) is 15.1 Å². The number of aromatic hydroxyl groups is 1. The van der Waals surface area contributed by atoms with Crippen LogP contribution in [0.2, 0.25) is 0 Å². The number of primary amides is 1. The lowest BCUT2D eigenvalue weighted by atomic mass is 9.54. The fourth-order valence-electron chi connectivity index (χ4n) is 7.33. The highest BCUT2D eigenvalue weighted by atomic mass is 127. The van der Waals surface area contributed by atoms with Crippen molar-refractivity contribution in [1.82, 2.24) is 4.90 Å². The summed E-state index contributed by atoms with van der Waals surface area (Å²) in [5.41, 5.74) is 1.67. The minimum absolute atomic E-state index is 0.0157. The normalized spacial score (nSPS) is 32.0. The van der Waals surface area contributed by atoms with Gasteiger partial charge in [-0.15, -0.1) is 0 Å². The number of likely N-dealkylation sites (N-methyl/N-ethyl adjacent to an activating group) is 1. The van der Waals surface area contributed by atoms with E-state index in [-0.39, 0.29) is 16.9 Å². The monoisotopic (exact) mass is 680 g/mol. The van der Waals surface area contributed by atoms with Crippen molar-refractivity contribution in [2.45, 2.75) is 62.7 Å². The van der Waals surface area contributed by atoms with Crippen molar-refractivity contribution in [3.8, 4) is 5.75 Å². The molecule has 12 heteroatoms. The third-order valence-corrected chi connectivity index (χ3v) is 10.2. The predicted molar refractivity (Wildman–Crippen MR) is 154 cm³/mol. The van der Waals surface area contributed by atoms with Gasteiger partial charge in [0.1, 0.15) is 28.9 Å². The summed E-state index contributed by atoms with van der Waals surface area (Å²) in [6.07, 6.45) is 2.44. The molecule has 41 heavy (non-hydrogen) atoms. The zero-order valence-electron chi connectivity index (χ0n) is 22.9. The van der Waals surface area contributed by atoms with Crippen molar-refractivity contribution in [2.24, 2.45) is 23.5 Å². The first kappa shape index (κ1) is 29.5. The molecule has 0 spiro atoms. The third kappa shape index (κ3) is 4.20. The number of ether oxygens (including phenoxy) is 1. The van der Waals surface area contributed by atoms with Gasteiger partial charge < -0.3 is 30.9 Å². The largest absolute Gasteiger partial charge is 0.508 e. The number of phenols is 1. The number of rotatable bonds is 4. The molecule has 0 heterocycles. The number of nitrogens with two attached hydrogens (primary N) is 1. The van der Waals surface area contributed by atoms with Crippen molar-refractivity contribution in [3.05, 3.63) is 43.7 Å². The van der Waals surface area contributed by atoms with Crippen LogP contribution in [-0.4, -0.2) is 80.6 Å². The Hall–Kier alpha value is -2.97. The Morgan fingerprint density at radius 2 is 1.73 bits per heavy atom. The summed E-state index contributed by atoms with van der Waals surface area (Å²) in [4.78, 5) is 55.3. The van der Waals surface area contributed by atoms with Gasteiger partial charge in [0.2, 0.25) is 5.78 Å². The number of amides is 1. The van der Waals surface area contributed by atoms with Crippen molar-refractivity contribution in [1.29, 1.82) is 0 Å². The van der Waals surface area contributed by atoms with Crippen LogP contribution in [0.4, 0.5) is 0 Å². The Kier molecular flexibility index (Phi) is 7.48. The number of nitrogens with zero attached hydrogens (tertiary/aromatic N) is 1. The third-order valence-electron chi connectivity index (χ3n) is 9.22. The van der Waals surface area contributed by atoms with E-state index in [9.17, 15) is 39.6 Å². The summed E-state index contributed by atoms with van der Waals surface area (Å²) in [7, 11) is 3.00. The lowest BCUT2D eigenvalue weighted by Crippen LogP contribution is -2.71. The van der Waals surface area contributed by atoms with E-state index in [4.69, 9.17) is 10.5 Å². The van der Waals surface area contributed by atoms with Crippen LogP contribution in [0.1, 0.15) is 56.1 Å². The first-order valence-electron chi connectivity index (χ1n) is 13.6. The maximum atomic E-state index is 14.3. The van der Waals surface area contributed by atoms with Crippen LogP contribution >= 0.6 is 22.6 Å². The number of carbonyl (C=O) groups is 4. The first-order valence-corrected chi connectivity index (χ1v) is 14.7. The van der Waals surface area contributed by atoms with Gasteiger partial charge in [0.05, 0.1) is 23.4 Å². The molecule has 4 aliphatic carbocycles. The molecule has 0 bridgehead atoms. The van der Waals surface area contributed by atoms with E-state index >= 15 is 0 Å². The van der Waals surface area contributed by atoms with Crippen molar-refractivity contribution >= 4 is 51.8 Å². The van der Waals surface area contributed by atoms with Crippen LogP contribution in [-0.2, 0) is 23.9 Å². The molecule has 11 nitrogen and oxygen atoms in total. The van der Waals surface area contributed by atoms with Crippen molar-refractivity contribution in [2.75, 3.05) is 14.1 Å². The smallest absolute Gasteiger partial charge is 0.309 e. The molecular weight excluding hydrogens is 647 g/mol. The number of phenolic OH excluding ortho intramolecular Hbond substituents is 1. The van der Waals surface area contributed by atoms with Crippen LogP contribution in [0.3, 0.4) is 0 Å². The molecule has 6 atom stereocenters. The average molecular weight is 680 g/mol. The number of ketones is 2. The molecule has 1 amide bonds. The van der Waals surface area contributed by atoms with E-state index < -0.39 is 82.0 Å². The number of hydrogen-bond acceptors (Lipinski definition) is 10. The summed E-state index contributed by atoms with van der Waals surface area (Å²) in [5, 5.41) is 45.6.